The number of rotatable bonds is 4. The Morgan fingerprint density at radius 1 is 1.41 bits per heavy atom. The Hall–Kier alpha value is -1.85. The van der Waals surface area contributed by atoms with Gasteiger partial charge in [0.15, 0.2) is 0 Å². The highest BCUT2D eigenvalue weighted by Gasteiger charge is 2.22. The molecule has 1 atom stereocenters. The highest BCUT2D eigenvalue weighted by molar-refractivity contribution is 6.00. The second-order valence-electron chi connectivity index (χ2n) is 5.33. The van der Waals surface area contributed by atoms with Gasteiger partial charge in [-0.05, 0) is 26.3 Å². The molecule has 1 fully saturated rings. The molecule has 3 rings (SSSR count). The van der Waals surface area contributed by atoms with E-state index in [2.05, 4.69) is 15.8 Å². The first kappa shape index (κ1) is 16.5. The van der Waals surface area contributed by atoms with E-state index in [4.69, 9.17) is 4.52 Å². The molecule has 1 saturated heterocycles. The Morgan fingerprint density at radius 2 is 2.18 bits per heavy atom. The van der Waals surface area contributed by atoms with Gasteiger partial charge in [0.2, 0.25) is 0 Å². The molecule has 0 aliphatic carbocycles. The second kappa shape index (κ2) is 7.42. The lowest BCUT2D eigenvalue weighted by Crippen LogP contribution is -2.37. The molecule has 1 aromatic carbocycles. The molecule has 2 heterocycles. The van der Waals surface area contributed by atoms with Crippen LogP contribution < -0.4 is 10.6 Å². The van der Waals surface area contributed by atoms with Crippen LogP contribution in [0, 0.1) is 6.92 Å². The van der Waals surface area contributed by atoms with Crippen LogP contribution in [0.2, 0.25) is 0 Å². The monoisotopic (exact) mass is 321 g/mol. The van der Waals surface area contributed by atoms with E-state index in [1.165, 1.54) is 6.42 Å². The van der Waals surface area contributed by atoms with Crippen LogP contribution in [0.4, 0.5) is 0 Å². The molecule has 1 aliphatic heterocycles. The molecule has 118 valence electrons. The molecular weight excluding hydrogens is 302 g/mol. The summed E-state index contributed by atoms with van der Waals surface area (Å²) in [5.41, 5.74) is 2.02. The zero-order chi connectivity index (χ0) is 14.7. The van der Waals surface area contributed by atoms with Crippen molar-refractivity contribution in [3.8, 4) is 11.3 Å². The van der Waals surface area contributed by atoms with Gasteiger partial charge >= 0.3 is 0 Å². The first-order valence-corrected chi connectivity index (χ1v) is 7.29. The van der Waals surface area contributed by atoms with Gasteiger partial charge in [0.1, 0.15) is 17.0 Å². The molecule has 2 aromatic rings. The summed E-state index contributed by atoms with van der Waals surface area (Å²) >= 11 is 0. The van der Waals surface area contributed by atoms with Crippen molar-refractivity contribution in [2.24, 2.45) is 0 Å². The van der Waals surface area contributed by atoms with Crippen LogP contribution in [-0.2, 0) is 0 Å². The van der Waals surface area contributed by atoms with Crippen molar-refractivity contribution in [2.75, 3.05) is 13.1 Å². The predicted octanol–water partition coefficient (Wildman–Crippen LogP) is 2.55. The standard InChI is InChI=1S/C16H19N3O2.ClH/c1-11-14(16(20)18-10-13-8-5-9-17-13)15(19-21-11)12-6-3-2-4-7-12;/h2-4,6-7,13,17H,5,8-10H2,1H3,(H,18,20);1H. The number of nitrogens with zero attached hydrogens (tertiary/aromatic N) is 1. The van der Waals surface area contributed by atoms with Gasteiger partial charge < -0.3 is 15.2 Å². The van der Waals surface area contributed by atoms with Crippen molar-refractivity contribution in [2.45, 2.75) is 25.8 Å². The molecule has 0 radical (unpaired) electrons. The van der Waals surface area contributed by atoms with E-state index >= 15 is 0 Å². The van der Waals surface area contributed by atoms with E-state index in [0.717, 1.165) is 18.5 Å². The van der Waals surface area contributed by atoms with Crippen LogP contribution in [0.15, 0.2) is 34.9 Å². The van der Waals surface area contributed by atoms with Crippen molar-refractivity contribution in [1.29, 1.82) is 0 Å². The Labute approximate surface area is 135 Å². The molecule has 1 amide bonds. The minimum Gasteiger partial charge on any atom is -0.360 e. The van der Waals surface area contributed by atoms with Gasteiger partial charge in [0, 0.05) is 18.2 Å². The van der Waals surface area contributed by atoms with Crippen molar-refractivity contribution in [1.82, 2.24) is 15.8 Å². The van der Waals surface area contributed by atoms with Crippen molar-refractivity contribution < 1.29 is 9.32 Å². The van der Waals surface area contributed by atoms with Gasteiger partial charge in [-0.1, -0.05) is 35.5 Å². The third-order valence-electron chi connectivity index (χ3n) is 3.81. The fourth-order valence-electron chi connectivity index (χ4n) is 2.67. The van der Waals surface area contributed by atoms with E-state index in [9.17, 15) is 4.79 Å². The fraction of sp³-hybridized carbons (Fsp3) is 0.375. The number of aryl methyl sites for hydroxylation is 1. The molecule has 0 bridgehead atoms. The number of hydrogen-bond donors (Lipinski definition) is 2. The van der Waals surface area contributed by atoms with E-state index in [-0.39, 0.29) is 18.3 Å². The third kappa shape index (κ3) is 3.48. The van der Waals surface area contributed by atoms with Crippen LogP contribution >= 0.6 is 12.4 Å². The topological polar surface area (TPSA) is 67.2 Å². The van der Waals surface area contributed by atoms with Crippen LogP contribution in [0.25, 0.3) is 11.3 Å². The minimum atomic E-state index is -0.124. The lowest BCUT2D eigenvalue weighted by Gasteiger charge is -2.11. The van der Waals surface area contributed by atoms with Crippen molar-refractivity contribution >= 4 is 18.3 Å². The molecule has 5 nitrogen and oxygen atoms in total. The number of nitrogens with one attached hydrogen (secondary N) is 2. The molecule has 1 unspecified atom stereocenters. The van der Waals surface area contributed by atoms with E-state index in [1.807, 2.05) is 30.3 Å². The Kier molecular flexibility index (Phi) is 5.57. The average Bonchev–Trinajstić information content (AvgIpc) is 3.15. The highest BCUT2D eigenvalue weighted by Crippen LogP contribution is 2.24. The fourth-order valence-corrected chi connectivity index (χ4v) is 2.67. The van der Waals surface area contributed by atoms with E-state index in [0.29, 0.717) is 29.6 Å². The number of benzene rings is 1. The first-order valence-electron chi connectivity index (χ1n) is 7.29. The molecule has 0 spiro atoms. The van der Waals surface area contributed by atoms with Crippen LogP contribution in [-0.4, -0.2) is 30.2 Å². The first-order chi connectivity index (χ1) is 10.3. The quantitative estimate of drug-likeness (QED) is 0.908. The summed E-state index contributed by atoms with van der Waals surface area (Å²) in [5, 5.41) is 10.4. The molecule has 6 heteroatoms. The van der Waals surface area contributed by atoms with Gasteiger partial charge in [-0.25, -0.2) is 0 Å². The maximum Gasteiger partial charge on any atom is 0.257 e. The van der Waals surface area contributed by atoms with Gasteiger partial charge in [0.05, 0.1) is 0 Å². The van der Waals surface area contributed by atoms with Crippen LogP contribution in [0.1, 0.15) is 29.0 Å². The molecule has 22 heavy (non-hydrogen) atoms. The van der Waals surface area contributed by atoms with Gasteiger partial charge in [-0.3, -0.25) is 4.79 Å². The Bertz CT molecular complexity index is 622. The molecule has 1 aromatic heterocycles. The summed E-state index contributed by atoms with van der Waals surface area (Å²) in [6, 6.07) is 9.99. The smallest absolute Gasteiger partial charge is 0.257 e. The summed E-state index contributed by atoms with van der Waals surface area (Å²) in [7, 11) is 0. The third-order valence-corrected chi connectivity index (χ3v) is 3.81. The van der Waals surface area contributed by atoms with Crippen LogP contribution in [0.5, 0.6) is 0 Å². The zero-order valence-corrected chi connectivity index (χ0v) is 13.3. The number of carbonyl (C=O) groups is 1. The van der Waals surface area contributed by atoms with Crippen molar-refractivity contribution in [3.63, 3.8) is 0 Å². The van der Waals surface area contributed by atoms with Gasteiger partial charge in [-0.15, -0.1) is 12.4 Å². The van der Waals surface area contributed by atoms with Crippen molar-refractivity contribution in [3.05, 3.63) is 41.7 Å². The zero-order valence-electron chi connectivity index (χ0n) is 12.5. The molecular formula is C16H20ClN3O2. The largest absolute Gasteiger partial charge is 0.360 e. The number of hydrogen-bond acceptors (Lipinski definition) is 4. The van der Waals surface area contributed by atoms with E-state index in [1.54, 1.807) is 6.92 Å². The summed E-state index contributed by atoms with van der Waals surface area (Å²) in [6.07, 6.45) is 2.27. The second-order valence-corrected chi connectivity index (χ2v) is 5.33. The molecule has 0 saturated carbocycles. The summed E-state index contributed by atoms with van der Waals surface area (Å²) in [4.78, 5) is 12.4. The minimum absolute atomic E-state index is 0. The lowest BCUT2D eigenvalue weighted by atomic mass is 10.1. The normalized spacial score (nSPS) is 17.0. The Balaban J connectivity index is 0.00000176. The maximum atomic E-state index is 12.4. The summed E-state index contributed by atoms with van der Waals surface area (Å²) < 4.78 is 5.22. The Morgan fingerprint density at radius 3 is 2.86 bits per heavy atom. The molecule has 1 aliphatic rings. The maximum absolute atomic E-state index is 12.4. The predicted molar refractivity (Wildman–Crippen MR) is 87.3 cm³/mol. The summed E-state index contributed by atoms with van der Waals surface area (Å²) in [5.74, 6) is 0.423. The van der Waals surface area contributed by atoms with E-state index < -0.39 is 0 Å². The number of amides is 1. The molecule has 2 N–H and O–H groups in total. The van der Waals surface area contributed by atoms with Gasteiger partial charge in [0.25, 0.3) is 5.91 Å². The SMILES string of the molecule is Cc1onc(-c2ccccc2)c1C(=O)NCC1CCCN1.Cl. The number of aromatic nitrogens is 1. The number of halogens is 1. The number of carbonyl (C=O) groups excluding carboxylic acids is 1. The van der Waals surface area contributed by atoms with Gasteiger partial charge in [-0.2, -0.15) is 0 Å². The highest BCUT2D eigenvalue weighted by atomic mass is 35.5. The van der Waals surface area contributed by atoms with Crippen LogP contribution in [0.3, 0.4) is 0 Å². The average molecular weight is 322 g/mol. The summed E-state index contributed by atoms with van der Waals surface area (Å²) in [6.45, 7) is 3.43. The lowest BCUT2D eigenvalue weighted by molar-refractivity contribution is 0.0949.